The van der Waals surface area contributed by atoms with E-state index in [0.717, 1.165) is 92.2 Å². The van der Waals surface area contributed by atoms with Crippen LogP contribution in [0.2, 0.25) is 0 Å². The van der Waals surface area contributed by atoms with Crippen LogP contribution in [0, 0.1) is 0 Å². The normalized spacial score (nSPS) is 16.3. The zero-order chi connectivity index (χ0) is 34.3. The molecule has 258 valence electrons. The van der Waals surface area contributed by atoms with E-state index in [1.165, 1.54) is 18.6 Å². The highest BCUT2D eigenvalue weighted by molar-refractivity contribution is 5.89. The van der Waals surface area contributed by atoms with E-state index in [2.05, 4.69) is 29.6 Å². The number of hydrogen-bond donors (Lipinski definition) is 1. The van der Waals surface area contributed by atoms with E-state index in [4.69, 9.17) is 4.74 Å². The maximum atomic E-state index is 13.5. The highest BCUT2D eigenvalue weighted by atomic mass is 19.4. The van der Waals surface area contributed by atoms with Gasteiger partial charge in [0, 0.05) is 30.9 Å². The van der Waals surface area contributed by atoms with Crippen LogP contribution in [0.4, 0.5) is 28.4 Å². The molecule has 0 unspecified atom stereocenters. The third-order valence-electron chi connectivity index (χ3n) is 9.33. The average Bonchev–Trinajstić information content (AvgIpc) is 3.06. The van der Waals surface area contributed by atoms with E-state index in [1.54, 1.807) is 0 Å². The number of anilines is 1. The van der Waals surface area contributed by atoms with Gasteiger partial charge in [0.05, 0.1) is 5.56 Å². The third kappa shape index (κ3) is 9.77. The summed E-state index contributed by atoms with van der Waals surface area (Å²) in [7, 11) is 0. The van der Waals surface area contributed by atoms with Crippen LogP contribution < -0.4 is 5.32 Å². The van der Waals surface area contributed by atoms with Gasteiger partial charge >= 0.3 is 18.3 Å². The summed E-state index contributed by atoms with van der Waals surface area (Å²) in [5.41, 5.74) is 3.15. The van der Waals surface area contributed by atoms with Crippen LogP contribution >= 0.6 is 0 Å². The smallest absolute Gasteiger partial charge is 0.416 e. The molecular weight excluding hydrogens is 615 g/mol. The van der Waals surface area contributed by atoms with Gasteiger partial charge in [0.1, 0.15) is 5.60 Å². The summed E-state index contributed by atoms with van der Waals surface area (Å²) in [5, 5.41) is 2.82. The Labute approximate surface area is 282 Å². The minimum absolute atomic E-state index is 0.0641. The fraction of sp³-hybridized carbons (Fsp3) is 0.487. The largest absolute Gasteiger partial charge is 0.444 e. The number of carbonyl (C=O) groups is 2. The van der Waals surface area contributed by atoms with Gasteiger partial charge in [-0.1, -0.05) is 87.1 Å². The molecule has 0 bridgehead atoms. The first-order valence-corrected chi connectivity index (χ1v) is 17.3. The van der Waals surface area contributed by atoms with E-state index < -0.39 is 17.3 Å². The summed E-state index contributed by atoms with van der Waals surface area (Å²) in [5.74, 6) is 0. The number of nitrogens with zero attached hydrogens (tertiary/aromatic N) is 2. The predicted octanol–water partition coefficient (Wildman–Crippen LogP) is 10.8. The Morgan fingerprint density at radius 3 is 1.54 bits per heavy atom. The van der Waals surface area contributed by atoms with E-state index in [-0.39, 0.29) is 24.2 Å². The maximum Gasteiger partial charge on any atom is 0.416 e. The highest BCUT2D eigenvalue weighted by Crippen LogP contribution is 2.31. The number of halogens is 3. The van der Waals surface area contributed by atoms with Gasteiger partial charge in [0.25, 0.3) is 0 Å². The van der Waals surface area contributed by atoms with Crippen LogP contribution in [0.25, 0.3) is 11.1 Å². The molecule has 1 N–H and O–H groups in total. The molecule has 0 atom stereocenters. The van der Waals surface area contributed by atoms with Crippen molar-refractivity contribution in [1.82, 2.24) is 9.80 Å². The van der Waals surface area contributed by atoms with Gasteiger partial charge in [-0.2, -0.15) is 13.2 Å². The van der Waals surface area contributed by atoms with Crippen molar-refractivity contribution < 1.29 is 27.5 Å². The van der Waals surface area contributed by atoms with Crippen molar-refractivity contribution in [3.63, 3.8) is 0 Å². The monoisotopic (exact) mass is 663 g/mol. The van der Waals surface area contributed by atoms with E-state index in [9.17, 15) is 22.8 Å². The van der Waals surface area contributed by atoms with Crippen molar-refractivity contribution in [2.24, 2.45) is 0 Å². The first-order valence-electron chi connectivity index (χ1n) is 17.3. The topological polar surface area (TPSA) is 61.9 Å². The molecule has 0 aliphatic heterocycles. The van der Waals surface area contributed by atoms with Gasteiger partial charge in [-0.05, 0) is 93.0 Å². The second kappa shape index (κ2) is 15.5. The van der Waals surface area contributed by atoms with Crippen molar-refractivity contribution in [3.8, 4) is 11.1 Å². The molecule has 6 nitrogen and oxygen atoms in total. The van der Waals surface area contributed by atoms with Gasteiger partial charge in [-0.3, -0.25) is 0 Å². The van der Waals surface area contributed by atoms with Gasteiger partial charge in [0.2, 0.25) is 0 Å². The lowest BCUT2D eigenvalue weighted by molar-refractivity contribution is -0.137. The number of urea groups is 1. The van der Waals surface area contributed by atoms with Crippen LogP contribution in [-0.4, -0.2) is 39.6 Å². The Bertz CT molecular complexity index is 1490. The molecule has 0 aromatic heterocycles. The summed E-state index contributed by atoms with van der Waals surface area (Å²) >= 11 is 0. The van der Waals surface area contributed by atoms with Crippen molar-refractivity contribution in [1.29, 1.82) is 0 Å². The number of amides is 3. The quantitative estimate of drug-likeness (QED) is 0.261. The first kappa shape index (κ1) is 35.3. The molecule has 9 heteroatoms. The minimum atomic E-state index is -4.43. The molecule has 2 saturated carbocycles. The van der Waals surface area contributed by atoms with Crippen molar-refractivity contribution >= 4 is 17.8 Å². The molecule has 3 aromatic carbocycles. The van der Waals surface area contributed by atoms with Crippen molar-refractivity contribution in [2.75, 3.05) is 5.32 Å². The van der Waals surface area contributed by atoms with Crippen molar-refractivity contribution in [2.45, 2.75) is 122 Å². The fourth-order valence-corrected chi connectivity index (χ4v) is 6.75. The molecule has 2 fully saturated rings. The zero-order valence-corrected chi connectivity index (χ0v) is 28.3. The Hall–Kier alpha value is -4.01. The molecule has 0 radical (unpaired) electrons. The maximum absolute atomic E-state index is 13.5. The molecule has 0 heterocycles. The summed E-state index contributed by atoms with van der Waals surface area (Å²) in [4.78, 5) is 30.4. The lowest BCUT2D eigenvalue weighted by Crippen LogP contribution is -2.43. The lowest BCUT2D eigenvalue weighted by atomic mass is 9.93. The Morgan fingerprint density at radius 2 is 1.10 bits per heavy atom. The second-order valence-electron chi connectivity index (χ2n) is 14.2. The van der Waals surface area contributed by atoms with Gasteiger partial charge in [0.15, 0.2) is 0 Å². The number of carbonyl (C=O) groups excluding carboxylic acids is 2. The SMILES string of the molecule is CC(C)(C)OC(=O)N(Cc1ccc(-c2ccc(CN(C(=O)Nc3ccc(C(F)(F)F)cc3)C3CCCCC3)cc2)cc1)C1CCCCC1. The molecule has 2 aliphatic rings. The third-order valence-corrected chi connectivity index (χ3v) is 9.33. The van der Waals surface area contributed by atoms with Crippen LogP contribution in [0.3, 0.4) is 0 Å². The molecule has 2 aliphatic carbocycles. The Morgan fingerprint density at radius 1 is 0.667 bits per heavy atom. The predicted molar refractivity (Wildman–Crippen MR) is 183 cm³/mol. The summed E-state index contributed by atoms with van der Waals surface area (Å²) < 4.78 is 44.8. The molecule has 3 aromatic rings. The second-order valence-corrected chi connectivity index (χ2v) is 14.2. The van der Waals surface area contributed by atoms with Crippen LogP contribution in [0.5, 0.6) is 0 Å². The highest BCUT2D eigenvalue weighted by Gasteiger charge is 2.31. The van der Waals surface area contributed by atoms with Crippen LogP contribution in [-0.2, 0) is 24.0 Å². The van der Waals surface area contributed by atoms with Gasteiger partial charge in [-0.25, -0.2) is 9.59 Å². The number of nitrogens with one attached hydrogen (secondary N) is 1. The molecule has 48 heavy (non-hydrogen) atoms. The number of ether oxygens (including phenoxy) is 1. The standard InChI is InChI=1S/C39H48F3N3O3/c1-38(2,3)48-37(47)45(35-12-8-5-9-13-35)27-29-16-20-31(21-17-29)30-18-14-28(15-19-30)26-44(34-10-6-4-7-11-34)36(46)43-33-24-22-32(23-25-33)39(40,41)42/h14-25,34-35H,4-13,26-27H2,1-3H3,(H,43,46). The Balaban J connectivity index is 1.25. The van der Waals surface area contributed by atoms with E-state index >= 15 is 0 Å². The number of benzene rings is 3. The molecule has 0 spiro atoms. The number of hydrogen-bond acceptors (Lipinski definition) is 3. The lowest BCUT2D eigenvalue weighted by Gasteiger charge is -2.35. The number of alkyl halides is 3. The Kier molecular flexibility index (Phi) is 11.4. The van der Waals surface area contributed by atoms with Crippen LogP contribution in [0.1, 0.15) is 102 Å². The molecular formula is C39H48F3N3O3. The molecule has 0 saturated heterocycles. The zero-order valence-electron chi connectivity index (χ0n) is 28.3. The minimum Gasteiger partial charge on any atom is -0.444 e. The van der Waals surface area contributed by atoms with E-state index in [1.807, 2.05) is 54.8 Å². The molecule has 3 amide bonds. The fourth-order valence-electron chi connectivity index (χ4n) is 6.75. The van der Waals surface area contributed by atoms with Gasteiger partial charge in [-0.15, -0.1) is 0 Å². The van der Waals surface area contributed by atoms with Crippen molar-refractivity contribution in [3.05, 3.63) is 89.5 Å². The number of rotatable bonds is 8. The van der Waals surface area contributed by atoms with Crippen LogP contribution in [0.15, 0.2) is 72.8 Å². The van der Waals surface area contributed by atoms with Gasteiger partial charge < -0.3 is 19.9 Å². The first-order chi connectivity index (χ1) is 22.9. The van der Waals surface area contributed by atoms with E-state index in [0.29, 0.717) is 18.8 Å². The summed E-state index contributed by atoms with van der Waals surface area (Å²) in [6, 6.07) is 20.9. The molecule has 5 rings (SSSR count). The average molecular weight is 664 g/mol. The summed E-state index contributed by atoms with van der Waals surface area (Å²) in [6.45, 7) is 6.60. The summed E-state index contributed by atoms with van der Waals surface area (Å²) in [6.07, 6.45) is 5.79.